The zero-order valence-electron chi connectivity index (χ0n) is 18.0. The SMILES string of the molecule is COc1ccc(/C=N/N(C)[PH](=S)Oc2ccc(NCP(=O)(OC)OC)c([NH+]([O-])O)c2)cc1. The molecule has 0 saturated heterocycles. The van der Waals surface area contributed by atoms with Gasteiger partial charge in [0.05, 0.1) is 13.3 Å². The van der Waals surface area contributed by atoms with Crippen LogP contribution in [-0.4, -0.2) is 50.9 Å². The maximum Gasteiger partial charge on any atom is 0.349 e. The molecule has 0 radical (unpaired) electrons. The average Bonchev–Trinajstić information content (AvgIpc) is 2.81. The molecule has 0 bridgehead atoms. The fourth-order valence-electron chi connectivity index (χ4n) is 2.36. The Bertz CT molecular complexity index is 984. The van der Waals surface area contributed by atoms with Crippen LogP contribution in [0.15, 0.2) is 47.6 Å². The lowest BCUT2D eigenvalue weighted by atomic mass is 10.2. The summed E-state index contributed by atoms with van der Waals surface area (Å²) in [4.78, 5) is 0. The fraction of sp³-hybridized carbons (Fsp3) is 0.278. The van der Waals surface area contributed by atoms with Gasteiger partial charge in [-0.25, -0.2) is 9.99 Å². The molecule has 0 fully saturated rings. The zero-order valence-corrected chi connectivity index (χ0v) is 20.7. The Morgan fingerprint density at radius 3 is 2.41 bits per heavy atom. The molecule has 0 aliphatic heterocycles. The van der Waals surface area contributed by atoms with E-state index in [9.17, 15) is 15.0 Å². The molecule has 0 saturated carbocycles. The molecule has 11 nitrogen and oxygen atoms in total. The molecule has 0 aliphatic carbocycles. The molecule has 0 aliphatic rings. The van der Waals surface area contributed by atoms with Crippen molar-refractivity contribution < 1.29 is 33.3 Å². The number of hydrogen-bond acceptors (Lipinski definition) is 10. The summed E-state index contributed by atoms with van der Waals surface area (Å²) < 4.78 is 34.2. The maximum atomic E-state index is 12.2. The highest BCUT2D eigenvalue weighted by Gasteiger charge is 2.22. The molecule has 176 valence electrons. The van der Waals surface area contributed by atoms with Crippen molar-refractivity contribution in [2.24, 2.45) is 5.10 Å². The lowest BCUT2D eigenvalue weighted by Crippen LogP contribution is -2.99. The van der Waals surface area contributed by atoms with Gasteiger partial charge in [0.15, 0.2) is 5.69 Å². The Balaban J connectivity index is 2.07. The van der Waals surface area contributed by atoms with Crippen molar-refractivity contribution in [3.63, 3.8) is 0 Å². The van der Waals surface area contributed by atoms with Crippen molar-refractivity contribution in [3.05, 3.63) is 53.2 Å². The lowest BCUT2D eigenvalue weighted by Gasteiger charge is -2.21. The standard InChI is InChI=1S/C18H26N4O7P2S/c1-21(20-12-14-5-7-15(26-2)8-6-14)30(32)29-16-9-10-17(18(11-16)22(23)24)19-13-31(25,27-3)28-4/h5-12,19,22-23,30H,13H2,1-4H3/b20-12+. The molecule has 2 atom stereocenters. The van der Waals surface area contributed by atoms with E-state index in [1.807, 2.05) is 24.3 Å². The molecule has 2 aromatic carbocycles. The first kappa shape index (κ1) is 26.2. The number of hydrogen-bond donors (Lipinski definition) is 3. The molecule has 2 rings (SSSR count). The molecule has 32 heavy (non-hydrogen) atoms. The van der Waals surface area contributed by atoms with Crippen LogP contribution in [0.3, 0.4) is 0 Å². The molecule has 14 heteroatoms. The molecule has 2 unspecified atom stereocenters. The fourth-order valence-corrected chi connectivity index (χ4v) is 4.17. The van der Waals surface area contributed by atoms with Crippen molar-refractivity contribution in [2.75, 3.05) is 40.0 Å². The second-order valence-corrected chi connectivity index (χ2v) is 10.9. The summed E-state index contributed by atoms with van der Waals surface area (Å²) in [6, 6.07) is 11.7. The van der Waals surface area contributed by atoms with Crippen LogP contribution >= 0.6 is 14.7 Å². The number of hydrazone groups is 1. The van der Waals surface area contributed by atoms with E-state index in [0.29, 0.717) is 0 Å². The highest BCUT2D eigenvalue weighted by Crippen LogP contribution is 2.46. The van der Waals surface area contributed by atoms with E-state index >= 15 is 0 Å². The molecule has 0 aromatic heterocycles. The van der Waals surface area contributed by atoms with E-state index in [1.54, 1.807) is 26.4 Å². The predicted octanol–water partition coefficient (Wildman–Crippen LogP) is 2.80. The van der Waals surface area contributed by atoms with Crippen LogP contribution in [0.5, 0.6) is 11.5 Å². The van der Waals surface area contributed by atoms with Gasteiger partial charge in [0, 0.05) is 27.3 Å². The first-order chi connectivity index (χ1) is 15.2. The summed E-state index contributed by atoms with van der Waals surface area (Å²) >= 11 is 5.41. The number of nitrogens with one attached hydrogen (secondary N) is 2. The number of ether oxygens (including phenoxy) is 1. The number of nitrogens with zero attached hydrogens (tertiary/aromatic N) is 2. The second-order valence-electron chi connectivity index (χ2n) is 6.23. The normalized spacial score (nSPS) is 13.6. The summed E-state index contributed by atoms with van der Waals surface area (Å²) in [5, 5.41) is 27.1. The zero-order chi connectivity index (χ0) is 23.7. The van der Waals surface area contributed by atoms with Gasteiger partial charge < -0.3 is 28.8 Å². The smallest absolute Gasteiger partial charge is 0.349 e. The minimum Gasteiger partial charge on any atom is -0.595 e. The third kappa shape index (κ3) is 7.54. The van der Waals surface area contributed by atoms with E-state index in [2.05, 4.69) is 10.4 Å². The minimum absolute atomic E-state index is 0.0737. The number of anilines is 1. The number of quaternary nitrogens is 1. The Morgan fingerprint density at radius 1 is 1.22 bits per heavy atom. The molecule has 0 amide bonds. The van der Waals surface area contributed by atoms with Crippen molar-refractivity contribution >= 4 is 44.1 Å². The highest BCUT2D eigenvalue weighted by atomic mass is 32.4. The van der Waals surface area contributed by atoms with E-state index in [1.165, 1.54) is 31.1 Å². The largest absolute Gasteiger partial charge is 0.595 e. The monoisotopic (exact) mass is 504 g/mol. The predicted molar refractivity (Wildman–Crippen MR) is 127 cm³/mol. The summed E-state index contributed by atoms with van der Waals surface area (Å²) in [6.45, 7) is 0. The van der Waals surface area contributed by atoms with Crippen molar-refractivity contribution in [1.82, 2.24) is 4.78 Å². The van der Waals surface area contributed by atoms with Crippen LogP contribution in [0.2, 0.25) is 0 Å². The third-order valence-corrected chi connectivity index (χ3v) is 7.96. The first-order valence-electron chi connectivity index (χ1n) is 9.16. The van der Waals surface area contributed by atoms with Crippen molar-refractivity contribution in [3.8, 4) is 11.5 Å². The highest BCUT2D eigenvalue weighted by molar-refractivity contribution is 8.02. The van der Waals surface area contributed by atoms with Crippen LogP contribution in [-0.2, 0) is 25.4 Å². The van der Waals surface area contributed by atoms with Crippen LogP contribution in [0.1, 0.15) is 5.56 Å². The number of methoxy groups -OCH3 is 1. The molecular weight excluding hydrogens is 478 g/mol. The van der Waals surface area contributed by atoms with Crippen molar-refractivity contribution in [2.45, 2.75) is 0 Å². The van der Waals surface area contributed by atoms with E-state index in [-0.39, 0.29) is 23.4 Å². The Labute approximate surface area is 192 Å². The number of benzene rings is 2. The van der Waals surface area contributed by atoms with Gasteiger partial charge in [-0.05, 0) is 53.8 Å². The molecule has 0 spiro atoms. The summed E-state index contributed by atoms with van der Waals surface area (Å²) in [6.07, 6.45) is 1.44. The minimum atomic E-state index is -3.36. The first-order valence-corrected chi connectivity index (χ1v) is 13.4. The maximum absolute atomic E-state index is 12.2. The van der Waals surface area contributed by atoms with Gasteiger partial charge in [-0.1, -0.05) is 0 Å². The quantitative estimate of drug-likeness (QED) is 0.225. The molecular formula is C18H26N4O7P2S. The average molecular weight is 504 g/mol. The topological polar surface area (TPSA) is 129 Å². The lowest BCUT2D eigenvalue weighted by molar-refractivity contribution is -0.990. The Morgan fingerprint density at radius 2 is 1.84 bits per heavy atom. The number of rotatable bonds is 12. The van der Waals surface area contributed by atoms with Crippen LogP contribution in [0.25, 0.3) is 0 Å². The Kier molecular flexibility index (Phi) is 10.1. The molecule has 2 aromatic rings. The van der Waals surface area contributed by atoms with E-state index in [4.69, 9.17) is 30.1 Å². The Hall–Kier alpha value is -2.01. The van der Waals surface area contributed by atoms with Crippen LogP contribution in [0.4, 0.5) is 11.4 Å². The van der Waals surface area contributed by atoms with E-state index in [0.717, 1.165) is 11.3 Å². The summed E-state index contributed by atoms with van der Waals surface area (Å²) in [7, 11) is 0.418. The van der Waals surface area contributed by atoms with Crippen LogP contribution < -0.4 is 19.8 Å². The second kappa shape index (κ2) is 12.3. The van der Waals surface area contributed by atoms with Gasteiger partial charge in [0.2, 0.25) is 7.07 Å². The van der Waals surface area contributed by atoms with Crippen molar-refractivity contribution in [1.29, 1.82) is 0 Å². The van der Waals surface area contributed by atoms with Gasteiger partial charge in [-0.2, -0.15) is 10.3 Å². The summed E-state index contributed by atoms with van der Waals surface area (Å²) in [5.41, 5.74) is 1.02. The molecule has 0 heterocycles. The van der Waals surface area contributed by atoms with Gasteiger partial charge >= 0.3 is 7.60 Å². The van der Waals surface area contributed by atoms with Gasteiger partial charge in [0.1, 0.15) is 23.5 Å². The van der Waals surface area contributed by atoms with Gasteiger partial charge in [-0.15, -0.1) is 0 Å². The van der Waals surface area contributed by atoms with Gasteiger partial charge in [0.25, 0.3) is 0 Å². The van der Waals surface area contributed by atoms with Crippen LogP contribution in [0, 0.1) is 5.21 Å². The third-order valence-electron chi connectivity index (χ3n) is 4.21. The van der Waals surface area contributed by atoms with Gasteiger partial charge in [-0.3, -0.25) is 4.57 Å². The summed E-state index contributed by atoms with van der Waals surface area (Å²) in [5.74, 6) is 1.02. The van der Waals surface area contributed by atoms with E-state index < -0.39 is 19.9 Å². The molecule has 3 N–H and O–H groups in total.